The van der Waals surface area contributed by atoms with Crippen LogP contribution in [0.4, 0.5) is 50.9 Å². The molecule has 1 fully saturated rings. The van der Waals surface area contributed by atoms with Crippen LogP contribution in [0.25, 0.3) is 0 Å². The Morgan fingerprint density at radius 2 is 0.848 bits per heavy atom. The molecule has 780 valence electrons. The molecule has 145 heavy (non-hydrogen) atoms. The molecule has 1 aliphatic rings. The van der Waals surface area contributed by atoms with Crippen LogP contribution < -0.4 is 20.1 Å². The number of nitrogens with one attached hydrogen (secondary N) is 2. The van der Waals surface area contributed by atoms with Gasteiger partial charge in [-0.25, -0.2) is 55.4 Å². The average molecular weight is 2430 g/mol. The Morgan fingerprint density at radius 1 is 0.476 bits per heavy atom. The number of carbonyl (C=O) groups excluding carboxylic acids is 1. The second kappa shape index (κ2) is 48.2. The number of aromatic carboxylic acids is 1. The number of carboxylic acids is 1. The van der Waals surface area contributed by atoms with Crippen molar-refractivity contribution in [3.8, 4) is 17.6 Å². The summed E-state index contributed by atoms with van der Waals surface area (Å²) < 4.78 is 315. The van der Waals surface area contributed by atoms with E-state index < -0.39 is 137 Å². The second-order valence-electron chi connectivity index (χ2n) is 31.6. The Bertz CT molecular complexity index is 7600. The highest BCUT2D eigenvalue weighted by Crippen LogP contribution is 2.63. The number of hydrogen-bond donors (Lipinski definition) is 9. The van der Waals surface area contributed by atoms with Gasteiger partial charge in [0.1, 0.15) is 30.0 Å². The maximum Gasteiger partial charge on any atom is 0.501 e. The number of rotatable bonds is 35. The molecule has 1 saturated heterocycles. The van der Waals surface area contributed by atoms with Crippen LogP contribution >= 0.6 is 82.2 Å². The van der Waals surface area contributed by atoms with Crippen molar-refractivity contribution in [2.24, 2.45) is 0 Å². The van der Waals surface area contributed by atoms with Crippen LogP contribution in [0.5, 0.6) is 11.5 Å². The highest BCUT2D eigenvalue weighted by atomic mass is 79.9. The molecule has 55 heteroatoms. The summed E-state index contributed by atoms with van der Waals surface area (Å²) in [6.07, 6.45) is 3.49. The molecule has 0 saturated carbocycles. The predicted molar refractivity (Wildman–Crippen MR) is 533 cm³/mol. The average Bonchev–Trinajstić information content (AvgIpc) is 0.781. The molecular formula is C90H87Br3ClF9N7O25P3S7. The third-order valence-electron chi connectivity index (χ3n) is 21.4. The molecule has 1 heterocycles. The Balaban J connectivity index is 0.000000215. The maximum absolute atomic E-state index is 14.3. The van der Waals surface area contributed by atoms with E-state index in [9.17, 15) is 109 Å². The van der Waals surface area contributed by atoms with Crippen LogP contribution in [0.2, 0.25) is 5.02 Å². The van der Waals surface area contributed by atoms with Crippen LogP contribution in [0.15, 0.2) is 279 Å². The van der Waals surface area contributed by atoms with E-state index >= 15 is 0 Å². The lowest BCUT2D eigenvalue weighted by atomic mass is 10.1. The fourth-order valence-electron chi connectivity index (χ4n) is 13.8. The van der Waals surface area contributed by atoms with E-state index in [1.54, 1.807) is 86.6 Å². The van der Waals surface area contributed by atoms with Gasteiger partial charge in [0.05, 0.1) is 67.4 Å². The van der Waals surface area contributed by atoms with Crippen molar-refractivity contribution in [1.29, 1.82) is 5.26 Å². The van der Waals surface area contributed by atoms with E-state index in [0.29, 0.717) is 53.0 Å². The van der Waals surface area contributed by atoms with Gasteiger partial charge < -0.3 is 54.6 Å². The lowest BCUT2D eigenvalue weighted by Crippen LogP contribution is -2.36. The number of nitrogens with zero attached hydrogens (tertiary/aromatic N) is 5. The molecule has 11 aromatic rings. The number of hydrogen-bond acceptors (Lipinski definition) is 21. The third-order valence-corrected chi connectivity index (χ3v) is 38.1. The lowest BCUT2D eigenvalue weighted by molar-refractivity contribution is -0.0436. The molecule has 1 atom stereocenters. The number of methoxy groups -OCH3 is 2. The molecule has 11 aromatic carbocycles. The maximum atomic E-state index is 14.3. The number of alkyl halides is 9. The van der Waals surface area contributed by atoms with Gasteiger partial charge in [0.15, 0.2) is 9.84 Å². The minimum absolute atomic E-state index is 0.00441. The quantitative estimate of drug-likeness (QED) is 0.0132. The number of carbonyl (C=O) groups is 2. The number of para-hydroxylation sites is 2. The lowest BCUT2D eigenvalue weighted by Gasteiger charge is -2.27. The van der Waals surface area contributed by atoms with Gasteiger partial charge in [0.2, 0.25) is 30.1 Å². The first-order valence-corrected chi connectivity index (χ1v) is 59.3. The molecule has 32 nitrogen and oxygen atoms in total. The van der Waals surface area contributed by atoms with Gasteiger partial charge in [-0.2, -0.15) is 57.7 Å². The summed E-state index contributed by atoms with van der Waals surface area (Å²) >= 11 is 20.5. The molecule has 1 unspecified atom stereocenters. The van der Waals surface area contributed by atoms with E-state index in [1.807, 2.05) is 6.07 Å². The third kappa shape index (κ3) is 29.1. The van der Waals surface area contributed by atoms with Crippen molar-refractivity contribution in [2.45, 2.75) is 124 Å². The van der Waals surface area contributed by atoms with Gasteiger partial charge in [-0.3, -0.25) is 18.5 Å². The standard InChI is InChI=1S/C23H20BrF2N2O6PS.C23H23BrF2NO7PS3.C22H18BrClF2NO7PS.C22H26F3N3O5S2/c1-34-21-4-2-3-5-22(21)36(32,33)28(14-17-8-6-16(13-27)7-9-17)15-18-10-11-19(20(24)12-18)23(25,26)35(29,30)31;1-34-21-5-3-4-6-22(21)38(33,36)27(14-16-7-10-18(11-8-16)37(2,31)32)15-17-9-12-19(20(24)13-17)23(25,26)35(28,29)30;23-18-11-15(7-10-17(18)22(25,26)35(30,31)32)13-27(12-14-5-8-16(9-6-14)21(28)29)36(33,34)20-4-2-1-3-19(20)24;1-3-26-18-10-9-17(34(30,31)22(23,24)25)14-19(18)27-21(29)16-8-7-15(2)20(13-16)35(32,33)28-11-5-4-6-12-28/h2-12H,14-15H2,1H3,(H2,29,30,31);3-13H,14-15H2,1-2H3,(H2,28,29,30);1-11H,12-13H2,(H,28,29)(H2,30,31,32);7-10,13-14,26H,3-6,11-12H2,1-2H3,(H,27,29). The van der Waals surface area contributed by atoms with Crippen LogP contribution in [0.3, 0.4) is 0 Å². The Kier molecular flexibility index (Phi) is 39.6. The summed E-state index contributed by atoms with van der Waals surface area (Å²) in [6.45, 7) is 3.37. The molecule has 1 amide bonds. The number of piperidine rings is 1. The molecule has 9 N–H and O–H groups in total. The highest BCUT2D eigenvalue weighted by molar-refractivity contribution is 9.11. The molecule has 0 spiro atoms. The smallest absolute Gasteiger partial charge is 0.495 e. The molecule has 0 bridgehead atoms. The van der Waals surface area contributed by atoms with Crippen molar-refractivity contribution >= 4 is 175 Å². The van der Waals surface area contributed by atoms with Gasteiger partial charge in [-0.05, 0) is 187 Å². The molecular weight excluding hydrogens is 2340 g/mol. The molecule has 0 aromatic heterocycles. The van der Waals surface area contributed by atoms with E-state index in [1.165, 1.54) is 138 Å². The summed E-state index contributed by atoms with van der Waals surface area (Å²) in [5.74, 6) is -1.57. The summed E-state index contributed by atoms with van der Waals surface area (Å²) in [7, 11) is -39.4. The fourth-order valence-corrected chi connectivity index (χ4v) is 26.8. The predicted octanol–water partition coefficient (Wildman–Crippen LogP) is 19.3. The summed E-state index contributed by atoms with van der Waals surface area (Å²) in [5.41, 5.74) is -18.3. The second-order valence-corrected chi connectivity index (χ2v) is 52.4. The number of anilines is 2. The zero-order chi connectivity index (χ0) is 108. The molecule has 12 rings (SSSR count). The first kappa shape index (κ1) is 119. The molecule has 1 aliphatic heterocycles. The number of nitriles is 1. The van der Waals surface area contributed by atoms with E-state index in [-0.39, 0.29) is 127 Å². The summed E-state index contributed by atoms with van der Waals surface area (Å²) in [5, 5.41) is 23.3. The van der Waals surface area contributed by atoms with Crippen molar-refractivity contribution < 1.29 is 153 Å². The van der Waals surface area contributed by atoms with Gasteiger partial charge >= 0.3 is 51.3 Å². The van der Waals surface area contributed by atoms with Gasteiger partial charge in [-0.15, -0.1) is 0 Å². The number of sulfone groups is 2. The molecule has 0 radical (unpaired) electrons. The molecule has 0 aliphatic carbocycles. The van der Waals surface area contributed by atoms with Gasteiger partial charge in [-0.1, -0.05) is 181 Å². The first-order chi connectivity index (χ1) is 67.2. The van der Waals surface area contributed by atoms with Crippen molar-refractivity contribution in [2.75, 3.05) is 50.7 Å². The van der Waals surface area contributed by atoms with Crippen molar-refractivity contribution in [3.63, 3.8) is 0 Å². The largest absolute Gasteiger partial charge is 0.501 e. The van der Waals surface area contributed by atoms with Crippen molar-refractivity contribution in [1.82, 2.24) is 17.2 Å². The zero-order valence-electron chi connectivity index (χ0n) is 75.8. The van der Waals surface area contributed by atoms with Crippen LogP contribution in [0, 0.1) is 18.3 Å². The fraction of sp³-hybridized carbons (Fsp3) is 0.233. The Morgan fingerprint density at radius 3 is 1.26 bits per heavy atom. The van der Waals surface area contributed by atoms with Crippen molar-refractivity contribution in [3.05, 3.63) is 327 Å². The number of ether oxygens (including phenoxy) is 2. The number of carboxylic acid groups (broad SMARTS) is 1. The van der Waals surface area contributed by atoms with Crippen LogP contribution in [0.1, 0.15) is 108 Å². The topological polar surface area (TPSA) is 494 Å². The van der Waals surface area contributed by atoms with Gasteiger partial charge in [0, 0.05) is 112 Å². The SMILES string of the molecule is CCNc1ccc(S(=O)(=O)C(F)(F)F)cc1NC(=O)c1ccc(C)c(S(=O)(=O)N2CCCCC2)c1.COc1ccccc1S(=O)(=O)N(Cc1ccc(C#N)cc1)Cc1ccc(C(F)(F)P(=O)(O)O)c(Br)c1.COc1ccccc1S(=O)(=S)N(Cc1ccc(S(C)(=O)=O)cc1)Cc1ccc(C(F)(F)P(=O)(O)O)c(Br)c1.O=C(O)c1ccc(CN(Cc2ccc(C(F)(F)P(=O)(O)O)c(Br)c2)S(=O)(=O)c2ccccc2Cl)cc1. The Hall–Kier alpha value is -9.24. The van der Waals surface area contributed by atoms with E-state index in [2.05, 4.69) is 58.4 Å². The minimum atomic E-state index is -5.82. The van der Waals surface area contributed by atoms with Crippen LogP contribution in [-0.4, -0.2) is 155 Å². The summed E-state index contributed by atoms with van der Waals surface area (Å²) in [6, 6.07) is 54.2. The number of sulfonamides is 3. The zero-order valence-corrected chi connectivity index (χ0v) is 89.7. The number of benzene rings is 11. The van der Waals surface area contributed by atoms with Crippen LogP contribution in [-0.2, 0) is 140 Å². The summed E-state index contributed by atoms with van der Waals surface area (Å²) in [4.78, 5) is 77.3. The van der Waals surface area contributed by atoms with E-state index in [0.717, 1.165) is 82.7 Å². The number of halogens is 13. The normalized spacial score (nSPS) is 13.7. The van der Waals surface area contributed by atoms with E-state index in [4.69, 9.17) is 72.0 Å². The number of aryl methyl sites for hydroxylation is 1. The first-order valence-electron chi connectivity index (χ1n) is 41.6. The van der Waals surface area contributed by atoms with Gasteiger partial charge in [0.25, 0.3) is 15.7 Å². The number of amides is 1. The monoisotopic (exact) mass is 2430 g/mol. The highest BCUT2D eigenvalue weighted by Gasteiger charge is 2.54. The Labute approximate surface area is 863 Å². The minimum Gasteiger partial charge on any atom is -0.495 e.